The molecule has 4 heteroatoms. The van der Waals surface area contributed by atoms with E-state index in [9.17, 15) is 4.79 Å². The Labute approximate surface area is 171 Å². The third kappa shape index (κ3) is 2.22. The quantitative estimate of drug-likeness (QED) is 0.445. The van der Waals surface area contributed by atoms with Crippen molar-refractivity contribution in [3.8, 4) is 11.1 Å². The molecule has 0 aliphatic heterocycles. The molecule has 30 heavy (non-hydrogen) atoms. The Morgan fingerprint density at radius 3 is 2.43 bits per heavy atom. The minimum atomic E-state index is -0.0302. The predicted octanol–water partition coefficient (Wildman–Crippen LogP) is 5.19. The van der Waals surface area contributed by atoms with E-state index in [1.807, 2.05) is 54.6 Å². The van der Waals surface area contributed by atoms with E-state index in [0.717, 1.165) is 43.9 Å². The van der Waals surface area contributed by atoms with Crippen LogP contribution in [0.3, 0.4) is 0 Å². The predicted molar refractivity (Wildman–Crippen MR) is 124 cm³/mol. The molecule has 4 nitrogen and oxygen atoms in total. The van der Waals surface area contributed by atoms with Crippen LogP contribution in [-0.2, 0) is 0 Å². The first-order valence-electron chi connectivity index (χ1n) is 9.83. The van der Waals surface area contributed by atoms with E-state index in [1.54, 1.807) is 4.40 Å². The van der Waals surface area contributed by atoms with Crippen molar-refractivity contribution in [2.24, 2.45) is 5.73 Å². The SMILES string of the molecule is N/C=C\c1ccc(-c2ccc3c4c2cccc4c(=O)n2c4ccccc4nc32)cc1. The molecule has 2 aromatic heterocycles. The molecule has 0 bridgehead atoms. The van der Waals surface area contributed by atoms with Gasteiger partial charge in [-0.05, 0) is 58.6 Å². The molecule has 0 saturated carbocycles. The number of fused-ring (bicyclic) bond motifs is 4. The highest BCUT2D eigenvalue weighted by Gasteiger charge is 2.17. The van der Waals surface area contributed by atoms with Crippen molar-refractivity contribution in [3.63, 3.8) is 0 Å². The summed E-state index contributed by atoms with van der Waals surface area (Å²) in [5.74, 6) is 0. The summed E-state index contributed by atoms with van der Waals surface area (Å²) in [6.07, 6.45) is 3.40. The summed E-state index contributed by atoms with van der Waals surface area (Å²) in [6, 6.07) is 26.2. The van der Waals surface area contributed by atoms with Gasteiger partial charge in [-0.3, -0.25) is 9.20 Å². The molecule has 0 aliphatic carbocycles. The summed E-state index contributed by atoms with van der Waals surface area (Å²) in [4.78, 5) is 18.2. The van der Waals surface area contributed by atoms with E-state index in [1.165, 1.54) is 6.20 Å². The molecule has 0 radical (unpaired) electrons. The van der Waals surface area contributed by atoms with Crippen molar-refractivity contribution >= 4 is 44.3 Å². The van der Waals surface area contributed by atoms with Gasteiger partial charge in [0.25, 0.3) is 5.56 Å². The molecular formula is C26H17N3O. The van der Waals surface area contributed by atoms with Crippen LogP contribution >= 0.6 is 0 Å². The van der Waals surface area contributed by atoms with Gasteiger partial charge in [0.1, 0.15) is 5.65 Å². The fraction of sp³-hybridized carbons (Fsp3) is 0. The van der Waals surface area contributed by atoms with Crippen LogP contribution in [0.4, 0.5) is 0 Å². The van der Waals surface area contributed by atoms with Crippen LogP contribution in [0, 0.1) is 0 Å². The molecular weight excluding hydrogens is 370 g/mol. The molecule has 0 amide bonds. The summed E-state index contributed by atoms with van der Waals surface area (Å²) in [6.45, 7) is 0. The average Bonchev–Trinajstić information content (AvgIpc) is 3.18. The normalized spacial score (nSPS) is 12.1. The van der Waals surface area contributed by atoms with Gasteiger partial charge in [0.2, 0.25) is 0 Å². The van der Waals surface area contributed by atoms with Crippen molar-refractivity contribution in [2.45, 2.75) is 0 Å². The van der Waals surface area contributed by atoms with E-state index in [4.69, 9.17) is 10.7 Å². The molecule has 0 unspecified atom stereocenters. The lowest BCUT2D eigenvalue weighted by molar-refractivity contribution is 1.19. The maximum absolute atomic E-state index is 13.4. The molecule has 0 saturated heterocycles. The Bertz CT molecular complexity index is 1660. The maximum atomic E-state index is 13.4. The highest BCUT2D eigenvalue weighted by molar-refractivity contribution is 6.19. The summed E-state index contributed by atoms with van der Waals surface area (Å²) >= 11 is 0. The van der Waals surface area contributed by atoms with E-state index in [2.05, 4.69) is 30.3 Å². The molecule has 6 rings (SSSR count). The molecule has 142 valence electrons. The van der Waals surface area contributed by atoms with Crippen LogP contribution in [-0.4, -0.2) is 9.38 Å². The van der Waals surface area contributed by atoms with Crippen molar-refractivity contribution < 1.29 is 0 Å². The first kappa shape index (κ1) is 16.7. The number of nitrogens with zero attached hydrogens (tertiary/aromatic N) is 2. The smallest absolute Gasteiger partial charge is 0.264 e. The zero-order chi connectivity index (χ0) is 20.2. The summed E-state index contributed by atoms with van der Waals surface area (Å²) in [5, 5.41) is 3.72. The zero-order valence-electron chi connectivity index (χ0n) is 16.0. The largest absolute Gasteiger partial charge is 0.405 e. The van der Waals surface area contributed by atoms with Gasteiger partial charge in [-0.15, -0.1) is 0 Å². The van der Waals surface area contributed by atoms with Crippen LogP contribution in [0.15, 0.2) is 89.9 Å². The van der Waals surface area contributed by atoms with Gasteiger partial charge < -0.3 is 5.73 Å². The number of nitrogens with two attached hydrogens (primary N) is 1. The van der Waals surface area contributed by atoms with Gasteiger partial charge in [-0.2, -0.15) is 0 Å². The second kappa shape index (κ2) is 6.16. The number of benzene rings is 4. The number of rotatable bonds is 2. The molecule has 0 fully saturated rings. The fourth-order valence-corrected chi connectivity index (χ4v) is 4.44. The summed E-state index contributed by atoms with van der Waals surface area (Å²) in [5.41, 5.74) is 11.1. The van der Waals surface area contributed by atoms with Crippen LogP contribution in [0.1, 0.15) is 5.56 Å². The molecule has 6 aromatic rings. The monoisotopic (exact) mass is 387 g/mol. The minimum Gasteiger partial charge on any atom is -0.405 e. The summed E-state index contributed by atoms with van der Waals surface area (Å²) < 4.78 is 1.74. The van der Waals surface area contributed by atoms with Crippen molar-refractivity contribution in [1.29, 1.82) is 0 Å². The van der Waals surface area contributed by atoms with Crippen LogP contribution in [0.25, 0.3) is 55.4 Å². The van der Waals surface area contributed by atoms with Crippen molar-refractivity contribution in [3.05, 3.63) is 101 Å². The lowest BCUT2D eigenvalue weighted by Crippen LogP contribution is -2.13. The van der Waals surface area contributed by atoms with Gasteiger partial charge in [-0.1, -0.05) is 54.6 Å². The molecule has 4 aromatic carbocycles. The Morgan fingerprint density at radius 1 is 0.800 bits per heavy atom. The first-order chi connectivity index (χ1) is 14.8. The number of para-hydroxylation sites is 2. The minimum absolute atomic E-state index is 0.0302. The van der Waals surface area contributed by atoms with Crippen molar-refractivity contribution in [2.75, 3.05) is 0 Å². The van der Waals surface area contributed by atoms with E-state index >= 15 is 0 Å². The van der Waals surface area contributed by atoms with Gasteiger partial charge in [0.05, 0.1) is 11.0 Å². The van der Waals surface area contributed by atoms with Gasteiger partial charge in [-0.25, -0.2) is 4.98 Å². The number of imidazole rings is 1. The number of pyridine rings is 1. The molecule has 0 spiro atoms. The standard InChI is InChI=1S/C26H17N3O/c27-15-14-16-8-10-17(11-9-16)18-12-13-20-24-19(18)4-3-5-21(24)26(30)29-23-7-2-1-6-22(23)28-25(20)29/h1-15H,27H2/b15-14-. The van der Waals surface area contributed by atoms with Gasteiger partial charge >= 0.3 is 0 Å². The Morgan fingerprint density at radius 2 is 1.60 bits per heavy atom. The van der Waals surface area contributed by atoms with Gasteiger partial charge in [0.15, 0.2) is 0 Å². The number of hydrogen-bond donors (Lipinski definition) is 1. The second-order valence-electron chi connectivity index (χ2n) is 7.43. The molecule has 2 N–H and O–H groups in total. The highest BCUT2D eigenvalue weighted by Crippen LogP contribution is 2.36. The number of hydrogen-bond acceptors (Lipinski definition) is 3. The topological polar surface area (TPSA) is 60.4 Å². The molecule has 0 atom stereocenters. The third-order valence-electron chi connectivity index (χ3n) is 5.79. The lowest BCUT2D eigenvalue weighted by Gasteiger charge is -2.12. The zero-order valence-corrected chi connectivity index (χ0v) is 16.0. The molecule has 0 aliphatic rings. The highest BCUT2D eigenvalue weighted by atomic mass is 16.1. The van der Waals surface area contributed by atoms with Crippen LogP contribution in [0.5, 0.6) is 0 Å². The maximum Gasteiger partial charge on any atom is 0.264 e. The Hall–Kier alpha value is -4.18. The fourth-order valence-electron chi connectivity index (χ4n) is 4.44. The average molecular weight is 387 g/mol. The van der Waals surface area contributed by atoms with Crippen LogP contribution < -0.4 is 11.3 Å². The molecule has 2 heterocycles. The second-order valence-corrected chi connectivity index (χ2v) is 7.43. The Kier molecular flexibility index (Phi) is 3.44. The van der Waals surface area contributed by atoms with Crippen molar-refractivity contribution in [1.82, 2.24) is 9.38 Å². The third-order valence-corrected chi connectivity index (χ3v) is 5.79. The lowest BCUT2D eigenvalue weighted by atomic mass is 9.94. The van der Waals surface area contributed by atoms with Gasteiger partial charge in [0, 0.05) is 16.2 Å². The van der Waals surface area contributed by atoms with Crippen LogP contribution in [0.2, 0.25) is 0 Å². The van der Waals surface area contributed by atoms with E-state index in [-0.39, 0.29) is 5.56 Å². The Balaban J connectivity index is 1.74. The summed E-state index contributed by atoms with van der Waals surface area (Å²) in [7, 11) is 0. The van der Waals surface area contributed by atoms with E-state index in [0.29, 0.717) is 11.0 Å². The number of aromatic nitrogens is 2. The van der Waals surface area contributed by atoms with E-state index < -0.39 is 0 Å². The first-order valence-corrected chi connectivity index (χ1v) is 9.83.